The third kappa shape index (κ3) is 3.11. The highest BCUT2D eigenvalue weighted by atomic mass is 35.5. The van der Waals surface area contributed by atoms with Crippen molar-refractivity contribution < 1.29 is 0 Å². The van der Waals surface area contributed by atoms with Gasteiger partial charge in [0.1, 0.15) is 5.82 Å². The van der Waals surface area contributed by atoms with E-state index in [4.69, 9.17) is 38.2 Å². The maximum absolute atomic E-state index is 6.07. The average molecular weight is 405 g/mol. The zero-order valence-corrected chi connectivity index (χ0v) is 16.2. The number of hydrogen-bond acceptors (Lipinski definition) is 3. The molecule has 0 aliphatic heterocycles. The SMILES string of the molecule is Clc1ccc(Cn2c(-c3ccc(Cl)cc3)nc3nc4ccccc4nc32)cc1. The summed E-state index contributed by atoms with van der Waals surface area (Å²) >= 11 is 12.1. The summed E-state index contributed by atoms with van der Waals surface area (Å²) in [5, 5.41) is 1.40. The average Bonchev–Trinajstić information content (AvgIpc) is 3.06. The standard InChI is InChI=1S/C22H14Cl2N4/c23-16-9-5-14(6-10-16)13-28-21(15-7-11-17(24)12-8-15)27-20-22(28)26-19-4-2-1-3-18(19)25-20/h1-12H,13H2. The van der Waals surface area contributed by atoms with Crippen molar-refractivity contribution in [3.8, 4) is 11.4 Å². The van der Waals surface area contributed by atoms with Crippen molar-refractivity contribution in [1.82, 2.24) is 19.5 Å². The van der Waals surface area contributed by atoms with Crippen molar-refractivity contribution in [1.29, 1.82) is 0 Å². The number of imidazole rings is 1. The van der Waals surface area contributed by atoms with Gasteiger partial charge in [0.25, 0.3) is 0 Å². The van der Waals surface area contributed by atoms with Gasteiger partial charge >= 0.3 is 0 Å². The predicted molar refractivity (Wildman–Crippen MR) is 114 cm³/mol. The lowest BCUT2D eigenvalue weighted by Crippen LogP contribution is -2.03. The van der Waals surface area contributed by atoms with Crippen LogP contribution in [-0.2, 0) is 6.54 Å². The summed E-state index contributed by atoms with van der Waals surface area (Å²) in [6.07, 6.45) is 0. The Labute approximate surface area is 171 Å². The first-order valence-corrected chi connectivity index (χ1v) is 9.56. The van der Waals surface area contributed by atoms with Gasteiger partial charge in [0.15, 0.2) is 11.3 Å². The van der Waals surface area contributed by atoms with Crippen LogP contribution in [0, 0.1) is 0 Å². The lowest BCUT2D eigenvalue weighted by molar-refractivity contribution is 0.825. The van der Waals surface area contributed by atoms with Gasteiger partial charge in [-0.1, -0.05) is 47.5 Å². The molecular formula is C22H14Cl2N4. The first-order valence-electron chi connectivity index (χ1n) is 8.81. The minimum Gasteiger partial charge on any atom is -0.303 e. The largest absolute Gasteiger partial charge is 0.303 e. The molecule has 136 valence electrons. The van der Waals surface area contributed by atoms with E-state index < -0.39 is 0 Å². The Morgan fingerprint density at radius 1 is 0.679 bits per heavy atom. The van der Waals surface area contributed by atoms with E-state index in [1.54, 1.807) is 0 Å². The Bertz CT molecular complexity index is 1290. The number of hydrogen-bond donors (Lipinski definition) is 0. The van der Waals surface area contributed by atoms with E-state index in [0.717, 1.165) is 33.6 Å². The molecule has 5 aromatic rings. The third-order valence-electron chi connectivity index (χ3n) is 4.61. The second-order valence-corrected chi connectivity index (χ2v) is 7.39. The van der Waals surface area contributed by atoms with Gasteiger partial charge in [0.2, 0.25) is 0 Å². The Kier molecular flexibility index (Phi) is 4.23. The maximum Gasteiger partial charge on any atom is 0.198 e. The molecule has 0 aliphatic rings. The molecule has 0 fully saturated rings. The van der Waals surface area contributed by atoms with Crippen LogP contribution in [0.15, 0.2) is 72.8 Å². The summed E-state index contributed by atoms with van der Waals surface area (Å²) in [4.78, 5) is 14.4. The molecule has 5 rings (SSSR count). The molecule has 4 nitrogen and oxygen atoms in total. The topological polar surface area (TPSA) is 43.6 Å². The molecule has 0 N–H and O–H groups in total. The molecule has 3 aromatic carbocycles. The van der Waals surface area contributed by atoms with Crippen LogP contribution in [0.25, 0.3) is 33.7 Å². The molecule has 0 aliphatic carbocycles. The minimum absolute atomic E-state index is 0.610. The minimum atomic E-state index is 0.610. The zero-order valence-electron chi connectivity index (χ0n) is 14.7. The molecule has 0 amide bonds. The van der Waals surface area contributed by atoms with Crippen LogP contribution >= 0.6 is 23.2 Å². The quantitative estimate of drug-likeness (QED) is 0.370. The summed E-state index contributed by atoms with van der Waals surface area (Å²) in [5.41, 5.74) is 5.11. The van der Waals surface area contributed by atoms with Crippen LogP contribution in [-0.4, -0.2) is 19.5 Å². The first kappa shape index (κ1) is 17.2. The van der Waals surface area contributed by atoms with Crippen molar-refractivity contribution >= 4 is 45.5 Å². The van der Waals surface area contributed by atoms with Gasteiger partial charge in [-0.3, -0.25) is 0 Å². The Hall–Kier alpha value is -2.95. The van der Waals surface area contributed by atoms with E-state index in [2.05, 4.69) is 4.57 Å². The van der Waals surface area contributed by atoms with Crippen molar-refractivity contribution in [2.45, 2.75) is 6.54 Å². The summed E-state index contributed by atoms with van der Waals surface area (Å²) in [7, 11) is 0. The van der Waals surface area contributed by atoms with Gasteiger partial charge in [0, 0.05) is 15.6 Å². The molecule has 0 atom stereocenters. The van der Waals surface area contributed by atoms with Gasteiger partial charge in [0.05, 0.1) is 17.6 Å². The molecule has 6 heteroatoms. The Morgan fingerprint density at radius 2 is 1.29 bits per heavy atom. The number of fused-ring (bicyclic) bond motifs is 2. The van der Waals surface area contributed by atoms with Crippen LogP contribution in [0.5, 0.6) is 0 Å². The van der Waals surface area contributed by atoms with E-state index in [0.29, 0.717) is 22.2 Å². The van der Waals surface area contributed by atoms with E-state index in [-0.39, 0.29) is 0 Å². The fraction of sp³-hybridized carbons (Fsp3) is 0.0455. The number of aromatic nitrogens is 4. The monoisotopic (exact) mass is 404 g/mol. The third-order valence-corrected chi connectivity index (χ3v) is 5.12. The van der Waals surface area contributed by atoms with Gasteiger partial charge in [-0.25, -0.2) is 15.0 Å². The van der Waals surface area contributed by atoms with Crippen LogP contribution in [0.3, 0.4) is 0 Å². The highest BCUT2D eigenvalue weighted by Crippen LogP contribution is 2.27. The number of nitrogens with zero attached hydrogens (tertiary/aromatic N) is 4. The lowest BCUT2D eigenvalue weighted by Gasteiger charge is -2.09. The van der Waals surface area contributed by atoms with Crippen molar-refractivity contribution in [2.75, 3.05) is 0 Å². The molecule has 0 saturated carbocycles. The highest BCUT2D eigenvalue weighted by molar-refractivity contribution is 6.30. The summed E-state index contributed by atoms with van der Waals surface area (Å²) in [6.45, 7) is 0.610. The second kappa shape index (κ2) is 6.89. The van der Waals surface area contributed by atoms with E-state index in [1.165, 1.54) is 0 Å². The normalized spacial score (nSPS) is 11.4. The molecule has 0 spiro atoms. The maximum atomic E-state index is 6.07. The van der Waals surface area contributed by atoms with Gasteiger partial charge in [-0.15, -0.1) is 0 Å². The van der Waals surface area contributed by atoms with Gasteiger partial charge in [-0.2, -0.15) is 0 Å². The van der Waals surface area contributed by atoms with Gasteiger partial charge < -0.3 is 4.57 Å². The fourth-order valence-electron chi connectivity index (χ4n) is 3.24. The van der Waals surface area contributed by atoms with Crippen molar-refractivity contribution in [3.05, 3.63) is 88.4 Å². The first-order chi connectivity index (χ1) is 13.7. The molecule has 0 bridgehead atoms. The lowest BCUT2D eigenvalue weighted by atomic mass is 10.2. The fourth-order valence-corrected chi connectivity index (χ4v) is 3.49. The molecule has 0 saturated heterocycles. The Morgan fingerprint density at radius 3 is 1.96 bits per heavy atom. The predicted octanol–water partition coefficient (Wildman–Crippen LogP) is 6.00. The van der Waals surface area contributed by atoms with E-state index in [1.807, 2.05) is 72.8 Å². The van der Waals surface area contributed by atoms with Crippen LogP contribution in [0.2, 0.25) is 10.0 Å². The molecule has 2 heterocycles. The number of para-hydroxylation sites is 2. The zero-order chi connectivity index (χ0) is 19.1. The summed E-state index contributed by atoms with van der Waals surface area (Å²) < 4.78 is 2.08. The number of rotatable bonds is 3. The molecule has 0 radical (unpaired) electrons. The number of halogens is 2. The molecule has 28 heavy (non-hydrogen) atoms. The molecular weight excluding hydrogens is 391 g/mol. The molecule has 2 aromatic heterocycles. The van der Waals surface area contributed by atoms with Crippen molar-refractivity contribution in [2.24, 2.45) is 0 Å². The summed E-state index contributed by atoms with van der Waals surface area (Å²) in [5.74, 6) is 0.803. The molecule has 0 unspecified atom stereocenters. The van der Waals surface area contributed by atoms with Crippen LogP contribution < -0.4 is 0 Å². The van der Waals surface area contributed by atoms with E-state index >= 15 is 0 Å². The number of benzene rings is 3. The second-order valence-electron chi connectivity index (χ2n) is 6.51. The Balaban J connectivity index is 1.74. The van der Waals surface area contributed by atoms with Crippen molar-refractivity contribution in [3.63, 3.8) is 0 Å². The van der Waals surface area contributed by atoms with E-state index in [9.17, 15) is 0 Å². The van der Waals surface area contributed by atoms with Crippen LogP contribution in [0.1, 0.15) is 5.56 Å². The highest BCUT2D eigenvalue weighted by Gasteiger charge is 2.16. The van der Waals surface area contributed by atoms with Crippen LogP contribution in [0.4, 0.5) is 0 Å². The summed E-state index contributed by atoms with van der Waals surface area (Å²) in [6, 6.07) is 23.3. The van der Waals surface area contributed by atoms with Gasteiger partial charge in [-0.05, 0) is 54.1 Å². The smallest absolute Gasteiger partial charge is 0.198 e.